The predicted octanol–water partition coefficient (Wildman–Crippen LogP) is 3.22. The summed E-state index contributed by atoms with van der Waals surface area (Å²) < 4.78 is 37.5. The van der Waals surface area contributed by atoms with Gasteiger partial charge in [0, 0.05) is 23.4 Å². The molecule has 2 N–H and O–H groups in total. The van der Waals surface area contributed by atoms with Crippen LogP contribution in [0.4, 0.5) is 18.9 Å². The van der Waals surface area contributed by atoms with Crippen LogP contribution in [-0.4, -0.2) is 29.0 Å². The number of hydrogen-bond donors (Lipinski definition) is 2. The van der Waals surface area contributed by atoms with Crippen LogP contribution >= 0.6 is 0 Å². The smallest absolute Gasteiger partial charge is 0.405 e. The molecular weight excluding hydrogens is 259 g/mol. The van der Waals surface area contributed by atoms with Gasteiger partial charge < -0.3 is 15.1 Å². The van der Waals surface area contributed by atoms with Gasteiger partial charge in [-0.25, -0.2) is 0 Å². The molecule has 0 heterocycles. The van der Waals surface area contributed by atoms with E-state index in [4.69, 9.17) is 0 Å². The van der Waals surface area contributed by atoms with Gasteiger partial charge in [-0.2, -0.15) is 13.2 Å². The van der Waals surface area contributed by atoms with Crippen LogP contribution < -0.4 is 4.90 Å². The van der Waals surface area contributed by atoms with Gasteiger partial charge in [0.05, 0.1) is 6.10 Å². The summed E-state index contributed by atoms with van der Waals surface area (Å²) in [6, 6.07) is 3.78. The zero-order valence-corrected chi connectivity index (χ0v) is 11.1. The van der Waals surface area contributed by atoms with E-state index in [1.165, 1.54) is 25.1 Å². The molecule has 0 saturated heterocycles. The highest BCUT2D eigenvalue weighted by molar-refractivity contribution is 5.54. The molecule has 1 unspecified atom stereocenters. The van der Waals surface area contributed by atoms with Crippen molar-refractivity contribution >= 4 is 5.69 Å². The maximum absolute atomic E-state index is 12.5. The molecule has 108 valence electrons. The van der Waals surface area contributed by atoms with Crippen molar-refractivity contribution in [1.82, 2.24) is 0 Å². The van der Waals surface area contributed by atoms with Crippen LogP contribution in [-0.2, 0) is 0 Å². The summed E-state index contributed by atoms with van der Waals surface area (Å²) in [7, 11) is 0. The highest BCUT2D eigenvalue weighted by atomic mass is 19.4. The van der Waals surface area contributed by atoms with Crippen LogP contribution in [0.25, 0.3) is 0 Å². The first kappa shape index (κ1) is 15.6. The topological polar surface area (TPSA) is 43.7 Å². The fraction of sp³-hybridized carbons (Fsp3) is 0.538. The van der Waals surface area contributed by atoms with Crippen molar-refractivity contribution in [3.8, 4) is 5.75 Å². The van der Waals surface area contributed by atoms with Gasteiger partial charge >= 0.3 is 6.18 Å². The van der Waals surface area contributed by atoms with Gasteiger partial charge in [-0.05, 0) is 26.8 Å². The molecule has 19 heavy (non-hydrogen) atoms. The highest BCUT2D eigenvalue weighted by Crippen LogP contribution is 2.31. The van der Waals surface area contributed by atoms with Crippen molar-refractivity contribution in [2.24, 2.45) is 0 Å². The van der Waals surface area contributed by atoms with E-state index in [1.807, 2.05) is 0 Å². The molecule has 0 aliphatic rings. The molecule has 1 aromatic carbocycles. The molecule has 0 bridgehead atoms. The SMILES string of the molecule is CC(O)c1ccc(N(CC(F)(F)F)C(C)C)cc1O. The minimum atomic E-state index is -4.32. The standard InChI is InChI=1S/C13H18F3NO2/c1-8(2)17(7-13(14,15)16)10-4-5-11(9(3)18)12(19)6-10/h4-6,8-9,18-19H,7H2,1-3H3. The zero-order valence-electron chi connectivity index (χ0n) is 11.1. The maximum atomic E-state index is 12.5. The van der Waals surface area contributed by atoms with Crippen molar-refractivity contribution < 1.29 is 23.4 Å². The molecule has 0 aliphatic heterocycles. The molecule has 0 fully saturated rings. The summed E-state index contributed by atoms with van der Waals surface area (Å²) in [5.74, 6) is -0.208. The molecule has 6 heteroatoms. The summed E-state index contributed by atoms with van der Waals surface area (Å²) in [5.41, 5.74) is 0.564. The highest BCUT2D eigenvalue weighted by Gasteiger charge is 2.32. The van der Waals surface area contributed by atoms with E-state index < -0.39 is 18.8 Å². The fourth-order valence-corrected chi connectivity index (χ4v) is 1.83. The number of phenolic OH excluding ortho intramolecular Hbond substituents is 1. The Hall–Kier alpha value is -1.43. The van der Waals surface area contributed by atoms with Crippen molar-refractivity contribution in [2.75, 3.05) is 11.4 Å². The van der Waals surface area contributed by atoms with Crippen molar-refractivity contribution in [1.29, 1.82) is 0 Å². The number of phenols is 1. The number of benzene rings is 1. The third-order valence-corrected chi connectivity index (χ3v) is 2.77. The number of rotatable bonds is 4. The molecule has 1 atom stereocenters. The lowest BCUT2D eigenvalue weighted by Crippen LogP contribution is -2.39. The third kappa shape index (κ3) is 4.31. The summed E-state index contributed by atoms with van der Waals surface area (Å²) in [6.45, 7) is 3.68. The number of aliphatic hydroxyl groups excluding tert-OH is 1. The Morgan fingerprint density at radius 1 is 1.21 bits per heavy atom. The van der Waals surface area contributed by atoms with E-state index in [2.05, 4.69) is 0 Å². The average Bonchev–Trinajstić information content (AvgIpc) is 2.23. The van der Waals surface area contributed by atoms with Gasteiger partial charge in [0.1, 0.15) is 12.3 Å². The van der Waals surface area contributed by atoms with Crippen molar-refractivity contribution in [3.05, 3.63) is 23.8 Å². The Morgan fingerprint density at radius 3 is 2.16 bits per heavy atom. The Kier molecular flexibility index (Phi) is 4.68. The predicted molar refractivity (Wildman–Crippen MR) is 67.3 cm³/mol. The van der Waals surface area contributed by atoms with Gasteiger partial charge in [0.25, 0.3) is 0 Å². The van der Waals surface area contributed by atoms with Crippen LogP contribution in [0.3, 0.4) is 0 Å². The van der Waals surface area contributed by atoms with E-state index in [-0.39, 0.29) is 17.5 Å². The Bertz CT molecular complexity index is 430. The summed E-state index contributed by atoms with van der Waals surface area (Å²) in [4.78, 5) is 1.14. The Balaban J connectivity index is 3.08. The normalized spacial score (nSPS) is 13.7. The molecule has 0 saturated carbocycles. The van der Waals surface area contributed by atoms with Crippen LogP contribution in [0.1, 0.15) is 32.4 Å². The minimum Gasteiger partial charge on any atom is -0.507 e. The average molecular weight is 277 g/mol. The summed E-state index contributed by atoms with van der Waals surface area (Å²) >= 11 is 0. The molecule has 0 aromatic heterocycles. The number of anilines is 1. The van der Waals surface area contributed by atoms with Gasteiger partial charge in [0.2, 0.25) is 0 Å². The maximum Gasteiger partial charge on any atom is 0.405 e. The molecule has 0 spiro atoms. The lowest BCUT2D eigenvalue weighted by molar-refractivity contribution is -0.120. The van der Waals surface area contributed by atoms with E-state index in [0.717, 1.165) is 4.90 Å². The first-order chi connectivity index (χ1) is 8.61. The first-order valence-electron chi connectivity index (χ1n) is 5.96. The van der Waals surface area contributed by atoms with Crippen molar-refractivity contribution in [2.45, 2.75) is 39.1 Å². The Morgan fingerprint density at radius 2 is 1.79 bits per heavy atom. The molecule has 0 radical (unpaired) electrons. The van der Waals surface area contributed by atoms with E-state index in [1.54, 1.807) is 13.8 Å². The van der Waals surface area contributed by atoms with E-state index in [9.17, 15) is 23.4 Å². The molecule has 1 rings (SSSR count). The fourth-order valence-electron chi connectivity index (χ4n) is 1.83. The quantitative estimate of drug-likeness (QED) is 0.888. The van der Waals surface area contributed by atoms with E-state index >= 15 is 0 Å². The lowest BCUT2D eigenvalue weighted by Gasteiger charge is -2.30. The van der Waals surface area contributed by atoms with Crippen molar-refractivity contribution in [3.63, 3.8) is 0 Å². The number of aliphatic hydroxyl groups is 1. The van der Waals surface area contributed by atoms with Gasteiger partial charge in [-0.3, -0.25) is 0 Å². The number of hydrogen-bond acceptors (Lipinski definition) is 3. The number of nitrogens with zero attached hydrogens (tertiary/aromatic N) is 1. The van der Waals surface area contributed by atoms with Gasteiger partial charge in [0.15, 0.2) is 0 Å². The summed E-state index contributed by atoms with van der Waals surface area (Å²) in [6.07, 6.45) is -5.19. The van der Waals surface area contributed by atoms with Crippen LogP contribution in [0, 0.1) is 0 Å². The van der Waals surface area contributed by atoms with Crippen LogP contribution in [0.5, 0.6) is 5.75 Å². The second kappa shape index (κ2) is 5.69. The third-order valence-electron chi connectivity index (χ3n) is 2.77. The Labute approximate surface area is 110 Å². The van der Waals surface area contributed by atoms with Gasteiger partial charge in [-0.15, -0.1) is 0 Å². The second-order valence-electron chi connectivity index (χ2n) is 4.76. The number of aromatic hydroxyl groups is 1. The van der Waals surface area contributed by atoms with Crippen LogP contribution in [0.2, 0.25) is 0 Å². The first-order valence-corrected chi connectivity index (χ1v) is 5.96. The molecule has 0 amide bonds. The summed E-state index contributed by atoms with van der Waals surface area (Å²) in [5, 5.41) is 19.1. The molecular formula is C13H18F3NO2. The number of halogens is 3. The van der Waals surface area contributed by atoms with E-state index in [0.29, 0.717) is 5.56 Å². The second-order valence-corrected chi connectivity index (χ2v) is 4.76. The molecule has 0 aliphatic carbocycles. The lowest BCUT2D eigenvalue weighted by atomic mass is 10.1. The largest absolute Gasteiger partial charge is 0.507 e. The number of alkyl halides is 3. The minimum absolute atomic E-state index is 0.208. The zero-order chi connectivity index (χ0) is 14.8. The van der Waals surface area contributed by atoms with Crippen LogP contribution in [0.15, 0.2) is 18.2 Å². The molecule has 3 nitrogen and oxygen atoms in total. The molecule has 1 aromatic rings. The monoisotopic (exact) mass is 277 g/mol. The van der Waals surface area contributed by atoms with Gasteiger partial charge in [-0.1, -0.05) is 6.07 Å².